The van der Waals surface area contributed by atoms with Gasteiger partial charge in [-0.15, -0.1) is 0 Å². The molecule has 0 saturated heterocycles. The molecular weight excluding hydrogens is 328 g/mol. The van der Waals surface area contributed by atoms with Gasteiger partial charge in [-0.05, 0) is 31.9 Å². The van der Waals surface area contributed by atoms with Crippen LogP contribution in [0, 0.1) is 0 Å². The number of benzene rings is 1. The van der Waals surface area contributed by atoms with Gasteiger partial charge >= 0.3 is 0 Å². The highest BCUT2D eigenvalue weighted by molar-refractivity contribution is 7.87. The van der Waals surface area contributed by atoms with Crippen molar-refractivity contribution in [1.29, 1.82) is 0 Å². The second-order valence-electron chi connectivity index (χ2n) is 5.94. The van der Waals surface area contributed by atoms with Gasteiger partial charge in [0.1, 0.15) is 12.4 Å². The summed E-state index contributed by atoms with van der Waals surface area (Å²) in [6.07, 6.45) is 6.35. The number of ether oxygens (including phenoxy) is 2. The van der Waals surface area contributed by atoms with Gasteiger partial charge in [-0.2, -0.15) is 8.42 Å². The van der Waals surface area contributed by atoms with Crippen LogP contribution in [0.15, 0.2) is 30.3 Å². The zero-order valence-electron chi connectivity index (χ0n) is 14.7. The first-order chi connectivity index (χ1) is 11.4. The van der Waals surface area contributed by atoms with E-state index >= 15 is 0 Å². The Hall–Kier alpha value is -1.11. The van der Waals surface area contributed by atoms with E-state index in [4.69, 9.17) is 9.47 Å². The molecule has 0 aliphatic heterocycles. The lowest BCUT2D eigenvalue weighted by Gasteiger charge is -2.30. The predicted molar refractivity (Wildman–Crippen MR) is 95.8 cm³/mol. The van der Waals surface area contributed by atoms with Crippen LogP contribution in [0.1, 0.15) is 58.8 Å². The molecule has 0 fully saturated rings. The Kier molecular flexibility index (Phi) is 9.33. The third-order valence-electron chi connectivity index (χ3n) is 3.99. The lowest BCUT2D eigenvalue weighted by atomic mass is 10.1. The van der Waals surface area contributed by atoms with Crippen molar-refractivity contribution in [3.05, 3.63) is 30.3 Å². The van der Waals surface area contributed by atoms with Gasteiger partial charge in [0.25, 0.3) is 10.1 Å². The first-order valence-corrected chi connectivity index (χ1v) is 10.2. The van der Waals surface area contributed by atoms with E-state index in [-0.39, 0.29) is 19.6 Å². The number of unbranched alkanes of at least 4 members (excludes halogenated alkanes) is 5. The summed E-state index contributed by atoms with van der Waals surface area (Å²) in [5, 5.41) is 0. The lowest BCUT2D eigenvalue weighted by Crippen LogP contribution is -2.46. The van der Waals surface area contributed by atoms with Crippen LogP contribution in [0.2, 0.25) is 0 Å². The molecule has 0 amide bonds. The van der Waals surface area contributed by atoms with Gasteiger partial charge in [0.15, 0.2) is 0 Å². The van der Waals surface area contributed by atoms with E-state index in [0.717, 1.165) is 19.3 Å². The van der Waals surface area contributed by atoms with E-state index in [1.54, 1.807) is 31.2 Å². The predicted octanol–water partition coefficient (Wildman–Crippen LogP) is 4.44. The van der Waals surface area contributed by atoms with Crippen molar-refractivity contribution in [1.82, 2.24) is 0 Å². The molecule has 6 heteroatoms. The highest BCUT2D eigenvalue weighted by atomic mass is 32.2. The van der Waals surface area contributed by atoms with Crippen LogP contribution < -0.4 is 4.74 Å². The van der Waals surface area contributed by atoms with Crippen molar-refractivity contribution in [2.75, 3.05) is 13.2 Å². The standard InChI is InChI=1S/C18H30O5S/c1-3-5-6-7-8-12-15-18(23-4-2,24(19,20)21)16-22-17-13-10-9-11-14-17/h9-11,13-14H,3-8,12,15-16H2,1-2H3,(H,19,20,21). The minimum Gasteiger partial charge on any atom is -0.489 e. The van der Waals surface area contributed by atoms with Crippen molar-refractivity contribution in [3.63, 3.8) is 0 Å². The monoisotopic (exact) mass is 358 g/mol. The highest BCUT2D eigenvalue weighted by Gasteiger charge is 2.44. The van der Waals surface area contributed by atoms with Crippen LogP contribution in [0.3, 0.4) is 0 Å². The molecule has 0 bridgehead atoms. The molecule has 1 aromatic rings. The first kappa shape index (κ1) is 20.9. The van der Waals surface area contributed by atoms with E-state index in [2.05, 4.69) is 6.92 Å². The van der Waals surface area contributed by atoms with E-state index in [9.17, 15) is 13.0 Å². The third-order valence-corrected chi connectivity index (χ3v) is 5.37. The van der Waals surface area contributed by atoms with E-state index in [0.29, 0.717) is 12.2 Å². The van der Waals surface area contributed by atoms with Crippen LogP contribution in [-0.4, -0.2) is 31.1 Å². The maximum atomic E-state index is 12.0. The molecule has 0 aromatic heterocycles. The Bertz CT molecular complexity index is 544. The van der Waals surface area contributed by atoms with Crippen molar-refractivity contribution < 1.29 is 22.4 Å². The first-order valence-electron chi connectivity index (χ1n) is 8.74. The molecule has 0 saturated carbocycles. The summed E-state index contributed by atoms with van der Waals surface area (Å²) in [7, 11) is -4.40. The minimum absolute atomic E-state index is 0.188. The number of para-hydroxylation sites is 1. The fourth-order valence-electron chi connectivity index (χ4n) is 2.61. The summed E-state index contributed by atoms with van der Waals surface area (Å²) >= 11 is 0. The van der Waals surface area contributed by atoms with Gasteiger partial charge in [-0.25, -0.2) is 0 Å². The van der Waals surface area contributed by atoms with Crippen molar-refractivity contribution in [3.8, 4) is 5.75 Å². The van der Waals surface area contributed by atoms with Crippen LogP contribution >= 0.6 is 0 Å². The summed E-state index contributed by atoms with van der Waals surface area (Å²) in [5.74, 6) is 0.549. The third kappa shape index (κ3) is 6.79. The van der Waals surface area contributed by atoms with E-state index in [1.165, 1.54) is 12.8 Å². The smallest absolute Gasteiger partial charge is 0.298 e. The molecule has 138 valence electrons. The van der Waals surface area contributed by atoms with Crippen molar-refractivity contribution >= 4 is 10.1 Å². The van der Waals surface area contributed by atoms with Gasteiger partial charge in [0.05, 0.1) is 0 Å². The summed E-state index contributed by atoms with van der Waals surface area (Å²) in [6.45, 7) is 3.83. The van der Waals surface area contributed by atoms with Gasteiger partial charge in [0, 0.05) is 6.61 Å². The average molecular weight is 359 g/mol. The Morgan fingerprint density at radius 2 is 1.62 bits per heavy atom. The molecule has 0 aliphatic rings. The van der Waals surface area contributed by atoms with Gasteiger partial charge in [0.2, 0.25) is 4.93 Å². The van der Waals surface area contributed by atoms with Crippen LogP contribution in [-0.2, 0) is 14.9 Å². The second-order valence-corrected chi connectivity index (χ2v) is 7.63. The normalized spacial score (nSPS) is 14.3. The SMILES string of the molecule is CCCCCCCCC(COc1ccccc1)(OCC)S(=O)(=O)O. The molecule has 1 aromatic carbocycles. The molecule has 1 atom stereocenters. The zero-order valence-corrected chi connectivity index (χ0v) is 15.6. The Labute approximate surface area is 146 Å². The number of hydrogen-bond donors (Lipinski definition) is 1. The molecule has 0 heterocycles. The van der Waals surface area contributed by atoms with Crippen LogP contribution in [0.5, 0.6) is 5.75 Å². The maximum absolute atomic E-state index is 12.0. The summed E-state index contributed by atoms with van der Waals surface area (Å²) < 4.78 is 44.8. The molecular formula is C18H30O5S. The average Bonchev–Trinajstić information content (AvgIpc) is 2.55. The molecule has 1 rings (SSSR count). The van der Waals surface area contributed by atoms with E-state index in [1.807, 2.05) is 6.07 Å². The molecule has 0 radical (unpaired) electrons. The maximum Gasteiger partial charge on any atom is 0.298 e. The minimum atomic E-state index is -4.40. The molecule has 24 heavy (non-hydrogen) atoms. The van der Waals surface area contributed by atoms with E-state index < -0.39 is 15.1 Å². The largest absolute Gasteiger partial charge is 0.489 e. The van der Waals surface area contributed by atoms with Gasteiger partial charge < -0.3 is 9.47 Å². The zero-order chi connectivity index (χ0) is 17.9. The van der Waals surface area contributed by atoms with Gasteiger partial charge in [-0.1, -0.05) is 57.2 Å². The summed E-state index contributed by atoms with van der Waals surface area (Å²) in [6, 6.07) is 8.94. The Morgan fingerprint density at radius 1 is 1.00 bits per heavy atom. The summed E-state index contributed by atoms with van der Waals surface area (Å²) in [5.41, 5.74) is 0. The summed E-state index contributed by atoms with van der Waals surface area (Å²) in [4.78, 5) is -1.71. The Morgan fingerprint density at radius 3 is 2.21 bits per heavy atom. The molecule has 1 unspecified atom stereocenters. The lowest BCUT2D eigenvalue weighted by molar-refractivity contribution is -0.0194. The van der Waals surface area contributed by atoms with Crippen molar-refractivity contribution in [2.24, 2.45) is 0 Å². The van der Waals surface area contributed by atoms with Gasteiger partial charge in [-0.3, -0.25) is 4.55 Å². The highest BCUT2D eigenvalue weighted by Crippen LogP contribution is 2.28. The van der Waals surface area contributed by atoms with Crippen LogP contribution in [0.25, 0.3) is 0 Å². The molecule has 0 aliphatic carbocycles. The number of rotatable bonds is 13. The van der Waals surface area contributed by atoms with Crippen LogP contribution in [0.4, 0.5) is 0 Å². The number of hydrogen-bond acceptors (Lipinski definition) is 4. The molecule has 5 nitrogen and oxygen atoms in total. The Balaban J connectivity index is 2.71. The van der Waals surface area contributed by atoms with Crippen molar-refractivity contribution in [2.45, 2.75) is 63.7 Å². The molecule has 1 N–H and O–H groups in total. The molecule has 0 spiro atoms. The topological polar surface area (TPSA) is 72.8 Å². The fraction of sp³-hybridized carbons (Fsp3) is 0.667. The quantitative estimate of drug-likeness (QED) is 0.417. The fourth-order valence-corrected chi connectivity index (χ4v) is 3.49. The second kappa shape index (κ2) is 10.7.